The fourth-order valence-electron chi connectivity index (χ4n) is 0.325. The first-order valence-corrected chi connectivity index (χ1v) is 3.74. The number of hydrogen-bond donors (Lipinski definition) is 0. The fourth-order valence-corrected chi connectivity index (χ4v) is 0.699. The molecule has 0 heterocycles. The van der Waals surface area contributed by atoms with Gasteiger partial charge in [-0.1, -0.05) is 43.1 Å². The monoisotopic (exact) mass is 164 g/mol. The first kappa shape index (κ1) is 7.48. The number of alkyl halides is 1. The zero-order valence-electron chi connectivity index (χ0n) is 5.24. The smallest absolute Gasteiger partial charge is 0.0143 e. The van der Waals surface area contributed by atoms with Gasteiger partial charge in [0.05, 0.1) is 0 Å². The maximum absolute atomic E-state index is 3.50. The van der Waals surface area contributed by atoms with Gasteiger partial charge in [0, 0.05) is 4.83 Å². The summed E-state index contributed by atoms with van der Waals surface area (Å²) in [7, 11) is 0. The van der Waals surface area contributed by atoms with Crippen molar-refractivity contribution in [2.45, 2.75) is 32.0 Å². The molecule has 44 valence electrons. The molecule has 0 bridgehead atoms. The van der Waals surface area contributed by atoms with E-state index in [1.54, 1.807) is 0 Å². The van der Waals surface area contributed by atoms with Gasteiger partial charge >= 0.3 is 0 Å². The largest absolute Gasteiger partial charge is 0.0891 e. The molecule has 7 heavy (non-hydrogen) atoms. The van der Waals surface area contributed by atoms with Gasteiger partial charge in [0.25, 0.3) is 0 Å². The van der Waals surface area contributed by atoms with E-state index < -0.39 is 0 Å². The SMILES string of the molecule is CC[C@H](C)[C@@H](C)Br. The second kappa shape index (κ2) is 3.48. The van der Waals surface area contributed by atoms with Crippen LogP contribution in [-0.2, 0) is 0 Å². The average Bonchev–Trinajstić information content (AvgIpc) is 1.65. The van der Waals surface area contributed by atoms with E-state index in [1.807, 2.05) is 0 Å². The highest BCUT2D eigenvalue weighted by molar-refractivity contribution is 9.09. The number of rotatable bonds is 2. The maximum atomic E-state index is 3.50. The summed E-state index contributed by atoms with van der Waals surface area (Å²) in [5, 5.41) is 0. The lowest BCUT2D eigenvalue weighted by molar-refractivity contribution is 0.564. The second-order valence-corrected chi connectivity index (χ2v) is 3.51. The van der Waals surface area contributed by atoms with E-state index in [9.17, 15) is 0 Å². The summed E-state index contributed by atoms with van der Waals surface area (Å²) in [6, 6.07) is 0. The molecular formula is C6H13Br. The summed E-state index contributed by atoms with van der Waals surface area (Å²) < 4.78 is 0. The minimum Gasteiger partial charge on any atom is -0.0891 e. The van der Waals surface area contributed by atoms with Crippen LogP contribution in [0.25, 0.3) is 0 Å². The summed E-state index contributed by atoms with van der Waals surface area (Å²) in [6.07, 6.45) is 1.27. The summed E-state index contributed by atoms with van der Waals surface area (Å²) in [5.41, 5.74) is 0. The molecule has 0 fully saturated rings. The highest BCUT2D eigenvalue weighted by atomic mass is 79.9. The zero-order valence-corrected chi connectivity index (χ0v) is 6.83. The molecule has 1 heteroatoms. The van der Waals surface area contributed by atoms with E-state index in [0.717, 1.165) is 5.92 Å². The quantitative estimate of drug-likeness (QED) is 0.552. The van der Waals surface area contributed by atoms with Crippen LogP contribution >= 0.6 is 15.9 Å². The van der Waals surface area contributed by atoms with Crippen LogP contribution in [0.5, 0.6) is 0 Å². The van der Waals surface area contributed by atoms with Crippen molar-refractivity contribution in [1.82, 2.24) is 0 Å². The summed E-state index contributed by atoms with van der Waals surface area (Å²) in [6.45, 7) is 6.65. The highest BCUT2D eigenvalue weighted by Crippen LogP contribution is 2.13. The summed E-state index contributed by atoms with van der Waals surface area (Å²) >= 11 is 3.50. The van der Waals surface area contributed by atoms with Crippen molar-refractivity contribution in [3.05, 3.63) is 0 Å². The predicted octanol–water partition coefficient (Wildman–Crippen LogP) is 2.82. The molecule has 0 saturated carbocycles. The Hall–Kier alpha value is 0.480. The first-order chi connectivity index (χ1) is 3.18. The van der Waals surface area contributed by atoms with Crippen LogP contribution in [0, 0.1) is 5.92 Å². The van der Waals surface area contributed by atoms with Crippen molar-refractivity contribution in [1.29, 1.82) is 0 Å². The van der Waals surface area contributed by atoms with Crippen molar-refractivity contribution in [3.63, 3.8) is 0 Å². The van der Waals surface area contributed by atoms with E-state index >= 15 is 0 Å². The Morgan fingerprint density at radius 2 is 1.86 bits per heavy atom. The lowest BCUT2D eigenvalue weighted by atomic mass is 10.1. The normalized spacial score (nSPS) is 18.9. The van der Waals surface area contributed by atoms with Crippen molar-refractivity contribution in [2.75, 3.05) is 0 Å². The zero-order chi connectivity index (χ0) is 5.86. The second-order valence-electron chi connectivity index (χ2n) is 2.06. The Morgan fingerprint density at radius 3 is 1.86 bits per heavy atom. The van der Waals surface area contributed by atoms with E-state index in [1.165, 1.54) is 6.42 Å². The predicted molar refractivity (Wildman–Crippen MR) is 37.8 cm³/mol. The number of halogens is 1. The van der Waals surface area contributed by atoms with Gasteiger partial charge in [0.2, 0.25) is 0 Å². The fraction of sp³-hybridized carbons (Fsp3) is 1.00. The molecule has 0 radical (unpaired) electrons. The van der Waals surface area contributed by atoms with Crippen LogP contribution in [0.1, 0.15) is 27.2 Å². The minimum absolute atomic E-state index is 0.678. The molecule has 0 aromatic carbocycles. The van der Waals surface area contributed by atoms with Crippen LogP contribution in [0.2, 0.25) is 0 Å². The molecule has 0 aliphatic carbocycles. The van der Waals surface area contributed by atoms with Gasteiger partial charge in [0.15, 0.2) is 0 Å². The van der Waals surface area contributed by atoms with Gasteiger partial charge in [-0.25, -0.2) is 0 Å². The van der Waals surface area contributed by atoms with Gasteiger partial charge in [-0.3, -0.25) is 0 Å². The third-order valence-corrected chi connectivity index (χ3v) is 2.33. The topological polar surface area (TPSA) is 0 Å². The Morgan fingerprint density at radius 1 is 1.43 bits per heavy atom. The van der Waals surface area contributed by atoms with Crippen LogP contribution in [0.4, 0.5) is 0 Å². The highest BCUT2D eigenvalue weighted by Gasteiger charge is 2.03. The molecule has 0 aliphatic rings. The van der Waals surface area contributed by atoms with Crippen molar-refractivity contribution >= 4 is 15.9 Å². The van der Waals surface area contributed by atoms with Crippen LogP contribution in [-0.4, -0.2) is 4.83 Å². The van der Waals surface area contributed by atoms with Gasteiger partial charge in [-0.15, -0.1) is 0 Å². The van der Waals surface area contributed by atoms with E-state index in [4.69, 9.17) is 0 Å². The molecule has 0 nitrogen and oxygen atoms in total. The Balaban J connectivity index is 3.14. The molecule has 0 unspecified atom stereocenters. The molecule has 0 spiro atoms. The van der Waals surface area contributed by atoms with E-state index in [0.29, 0.717) is 4.83 Å². The van der Waals surface area contributed by atoms with Gasteiger partial charge in [0.1, 0.15) is 0 Å². The molecule has 0 aromatic heterocycles. The molecule has 0 aliphatic heterocycles. The van der Waals surface area contributed by atoms with Crippen molar-refractivity contribution < 1.29 is 0 Å². The van der Waals surface area contributed by atoms with Gasteiger partial charge < -0.3 is 0 Å². The Kier molecular flexibility index (Phi) is 3.72. The average molecular weight is 165 g/mol. The molecule has 0 aromatic rings. The summed E-state index contributed by atoms with van der Waals surface area (Å²) in [5.74, 6) is 0.819. The molecular weight excluding hydrogens is 152 g/mol. The van der Waals surface area contributed by atoms with Gasteiger partial charge in [-0.2, -0.15) is 0 Å². The van der Waals surface area contributed by atoms with Gasteiger partial charge in [-0.05, 0) is 5.92 Å². The van der Waals surface area contributed by atoms with E-state index in [-0.39, 0.29) is 0 Å². The molecule has 0 saturated heterocycles. The number of hydrogen-bond acceptors (Lipinski definition) is 0. The van der Waals surface area contributed by atoms with Crippen LogP contribution < -0.4 is 0 Å². The van der Waals surface area contributed by atoms with Crippen molar-refractivity contribution in [2.24, 2.45) is 5.92 Å². The third-order valence-electron chi connectivity index (χ3n) is 1.43. The molecule has 0 amide bonds. The maximum Gasteiger partial charge on any atom is 0.0143 e. The molecule has 2 atom stereocenters. The Bertz CT molecular complexity index is 41.4. The van der Waals surface area contributed by atoms with Crippen molar-refractivity contribution in [3.8, 4) is 0 Å². The Labute approximate surface area is 54.4 Å². The lowest BCUT2D eigenvalue weighted by Crippen LogP contribution is -2.03. The van der Waals surface area contributed by atoms with Crippen LogP contribution in [0.15, 0.2) is 0 Å². The summed E-state index contributed by atoms with van der Waals surface area (Å²) in [4.78, 5) is 0.678. The van der Waals surface area contributed by atoms with Crippen LogP contribution in [0.3, 0.4) is 0 Å². The van der Waals surface area contributed by atoms with E-state index in [2.05, 4.69) is 36.7 Å². The third kappa shape index (κ3) is 3.10. The standard InChI is InChI=1S/C6H13Br/c1-4-5(2)6(3)7/h5-6H,4H2,1-3H3/t5-,6+/m0/s1. The first-order valence-electron chi connectivity index (χ1n) is 2.82. The molecule has 0 rings (SSSR count). The minimum atomic E-state index is 0.678. The lowest BCUT2D eigenvalue weighted by Gasteiger charge is -2.08. The molecule has 0 N–H and O–H groups in total.